The molecule has 0 amide bonds. The Morgan fingerprint density at radius 1 is 0.474 bits per heavy atom. The minimum Gasteiger partial charge on any atom is -1.00 e. The Kier molecular flexibility index (Phi) is 9.54. The highest BCUT2D eigenvalue weighted by Gasteiger charge is 2.45. The summed E-state index contributed by atoms with van der Waals surface area (Å²) in [4.78, 5) is 0. The van der Waals surface area contributed by atoms with E-state index in [-0.39, 0.29) is 17.0 Å². The van der Waals surface area contributed by atoms with Gasteiger partial charge in [-0.05, 0) is 43.3 Å². The van der Waals surface area contributed by atoms with E-state index in [2.05, 4.69) is 122 Å². The molecular weight excluding hydrogens is 547 g/mol. The molecule has 5 aromatic rings. The Labute approximate surface area is 236 Å². The van der Waals surface area contributed by atoms with Crippen molar-refractivity contribution in [2.75, 3.05) is 6.16 Å². The molecule has 0 saturated carbocycles. The average molecular weight is 578 g/mol. The van der Waals surface area contributed by atoms with Crippen molar-refractivity contribution in [3.05, 3.63) is 163 Å². The molecule has 0 heterocycles. The lowest BCUT2D eigenvalue weighted by Crippen LogP contribution is -3.00. The van der Waals surface area contributed by atoms with Crippen molar-refractivity contribution in [3.63, 3.8) is 0 Å². The number of hydrogen-bond acceptors (Lipinski definition) is 2. The van der Waals surface area contributed by atoms with Crippen LogP contribution in [-0.4, -0.2) is 17.6 Å². The van der Waals surface area contributed by atoms with Crippen molar-refractivity contribution < 1.29 is 17.0 Å². The van der Waals surface area contributed by atoms with Gasteiger partial charge in [0.25, 0.3) is 0 Å². The molecule has 0 N–H and O–H groups in total. The molecule has 0 saturated heterocycles. The van der Waals surface area contributed by atoms with Crippen molar-refractivity contribution >= 4 is 34.6 Å². The lowest BCUT2D eigenvalue weighted by atomic mass is 10.0. The van der Waals surface area contributed by atoms with Crippen LogP contribution in [0.4, 0.5) is 0 Å². The average Bonchev–Trinajstić information content (AvgIpc) is 2.98. The fourth-order valence-electron chi connectivity index (χ4n) is 4.75. The Balaban J connectivity index is 0.00000336. The van der Waals surface area contributed by atoms with Gasteiger partial charge in [-0.25, -0.2) is 0 Å². The topological polar surface area (TPSA) is 24.7 Å². The minimum atomic E-state index is -2.01. The Bertz CT molecular complexity index is 1330. The molecule has 0 radical (unpaired) electrons. The molecule has 5 rings (SSSR count). The molecule has 38 heavy (non-hydrogen) atoms. The van der Waals surface area contributed by atoms with Crippen LogP contribution in [0.1, 0.15) is 18.1 Å². The Morgan fingerprint density at radius 3 is 1.13 bits per heavy atom. The predicted molar refractivity (Wildman–Crippen MR) is 162 cm³/mol. The van der Waals surface area contributed by atoms with Gasteiger partial charge < -0.3 is 17.0 Å². The molecular formula is C34H30BrN2P. The van der Waals surface area contributed by atoms with Crippen molar-refractivity contribution in [2.24, 2.45) is 10.2 Å². The summed E-state index contributed by atoms with van der Waals surface area (Å²) >= 11 is 0. The van der Waals surface area contributed by atoms with E-state index >= 15 is 0 Å². The Hall–Kier alpha value is -3.65. The smallest absolute Gasteiger partial charge is 0.117 e. The highest BCUT2D eigenvalue weighted by Crippen LogP contribution is 2.55. The zero-order valence-electron chi connectivity index (χ0n) is 21.4. The quantitative estimate of drug-likeness (QED) is 0.152. The van der Waals surface area contributed by atoms with E-state index in [4.69, 9.17) is 10.2 Å². The largest absolute Gasteiger partial charge is 1.00 e. The summed E-state index contributed by atoms with van der Waals surface area (Å²) in [6.07, 6.45) is 0.811. The van der Waals surface area contributed by atoms with Gasteiger partial charge in [-0.1, -0.05) is 115 Å². The number of halogens is 1. The maximum Gasteiger partial charge on any atom is 0.117 e. The predicted octanol–water partition coefficient (Wildman–Crippen LogP) is 3.90. The van der Waals surface area contributed by atoms with Crippen LogP contribution in [0.2, 0.25) is 0 Å². The summed E-state index contributed by atoms with van der Waals surface area (Å²) in [5.74, 6) is 0. The summed E-state index contributed by atoms with van der Waals surface area (Å²) in [6, 6.07) is 53.3. The second kappa shape index (κ2) is 13.2. The molecule has 0 aliphatic heterocycles. The first-order chi connectivity index (χ1) is 18.3. The van der Waals surface area contributed by atoms with Crippen LogP contribution < -0.4 is 32.9 Å². The molecule has 188 valence electrons. The Morgan fingerprint density at radius 2 is 0.789 bits per heavy atom. The first-order valence-corrected chi connectivity index (χ1v) is 14.5. The molecule has 0 aromatic heterocycles. The van der Waals surface area contributed by atoms with Crippen LogP contribution in [0, 0.1) is 0 Å². The van der Waals surface area contributed by atoms with Gasteiger partial charge in [0, 0.05) is 11.1 Å². The number of nitrogens with zero attached hydrogens (tertiary/aromatic N) is 2. The van der Waals surface area contributed by atoms with Gasteiger partial charge in [-0.3, -0.25) is 0 Å². The maximum atomic E-state index is 4.87. The van der Waals surface area contributed by atoms with Crippen molar-refractivity contribution in [2.45, 2.75) is 6.92 Å². The second-order valence-corrected chi connectivity index (χ2v) is 12.5. The van der Waals surface area contributed by atoms with Gasteiger partial charge in [0.15, 0.2) is 0 Å². The second-order valence-electron chi connectivity index (χ2n) is 8.99. The molecule has 0 unspecified atom stereocenters. The van der Waals surface area contributed by atoms with E-state index in [0.29, 0.717) is 0 Å². The normalized spacial score (nSPS) is 11.3. The van der Waals surface area contributed by atoms with E-state index in [1.165, 1.54) is 15.9 Å². The van der Waals surface area contributed by atoms with Crippen LogP contribution in [-0.2, 0) is 0 Å². The van der Waals surface area contributed by atoms with Crippen molar-refractivity contribution in [1.29, 1.82) is 0 Å². The van der Waals surface area contributed by atoms with Gasteiger partial charge in [0.1, 0.15) is 35.0 Å². The van der Waals surface area contributed by atoms with E-state index in [1.807, 2.05) is 36.4 Å². The number of hydrogen-bond donors (Lipinski definition) is 0. The lowest BCUT2D eigenvalue weighted by Gasteiger charge is -2.27. The van der Waals surface area contributed by atoms with Crippen LogP contribution in [0.25, 0.3) is 0 Å². The summed E-state index contributed by atoms with van der Waals surface area (Å²) < 4.78 is 0. The van der Waals surface area contributed by atoms with Gasteiger partial charge >= 0.3 is 0 Å². The minimum absolute atomic E-state index is 0. The number of rotatable bonds is 8. The van der Waals surface area contributed by atoms with E-state index in [9.17, 15) is 0 Å². The summed E-state index contributed by atoms with van der Waals surface area (Å²) in [5, 5.41) is 13.8. The molecule has 0 spiro atoms. The number of benzene rings is 5. The van der Waals surface area contributed by atoms with E-state index in [0.717, 1.165) is 28.7 Å². The molecule has 0 aliphatic rings. The monoisotopic (exact) mass is 576 g/mol. The SMILES string of the molecule is C/C(C[P+](c1ccccc1)(c1ccccc1)c1ccccc1)=N\N=C(c1ccccc1)c1ccccc1.[Br-]. The van der Waals surface area contributed by atoms with Crippen LogP contribution >= 0.6 is 7.26 Å². The fourth-order valence-corrected chi connectivity index (χ4v) is 8.99. The summed E-state index contributed by atoms with van der Waals surface area (Å²) in [6.45, 7) is 2.11. The third-order valence-corrected chi connectivity index (χ3v) is 10.9. The molecule has 0 aliphatic carbocycles. The van der Waals surface area contributed by atoms with Crippen LogP contribution in [0.5, 0.6) is 0 Å². The summed E-state index contributed by atoms with van der Waals surface area (Å²) in [5.41, 5.74) is 4.00. The van der Waals surface area contributed by atoms with Crippen LogP contribution in [0.15, 0.2) is 162 Å². The van der Waals surface area contributed by atoms with Crippen molar-refractivity contribution in [3.8, 4) is 0 Å². The lowest BCUT2D eigenvalue weighted by molar-refractivity contribution is -0.00000728. The molecule has 0 bridgehead atoms. The van der Waals surface area contributed by atoms with Gasteiger partial charge in [0.2, 0.25) is 0 Å². The molecule has 4 heteroatoms. The third-order valence-electron chi connectivity index (χ3n) is 6.47. The van der Waals surface area contributed by atoms with E-state index in [1.54, 1.807) is 0 Å². The third kappa shape index (κ3) is 6.07. The maximum absolute atomic E-state index is 4.87. The zero-order chi connectivity index (χ0) is 25.3. The van der Waals surface area contributed by atoms with Crippen LogP contribution in [0.3, 0.4) is 0 Å². The van der Waals surface area contributed by atoms with Gasteiger partial charge in [-0.15, -0.1) is 5.10 Å². The molecule has 0 fully saturated rings. The molecule has 0 atom stereocenters. The van der Waals surface area contributed by atoms with Crippen molar-refractivity contribution in [1.82, 2.24) is 0 Å². The molecule has 5 aromatic carbocycles. The molecule has 2 nitrogen and oxygen atoms in total. The summed E-state index contributed by atoms with van der Waals surface area (Å²) in [7, 11) is -2.01. The van der Waals surface area contributed by atoms with Gasteiger partial charge in [-0.2, -0.15) is 5.10 Å². The zero-order valence-corrected chi connectivity index (χ0v) is 23.8. The highest BCUT2D eigenvalue weighted by molar-refractivity contribution is 7.96. The van der Waals surface area contributed by atoms with Gasteiger partial charge in [0.05, 0.1) is 5.71 Å². The first-order valence-electron chi connectivity index (χ1n) is 12.5. The van der Waals surface area contributed by atoms with E-state index < -0.39 is 7.26 Å². The first kappa shape index (κ1) is 27.4. The fraction of sp³-hybridized carbons (Fsp3) is 0.0588. The standard InChI is InChI=1S/C34H30N2P.BrH/c1-28(35-36-34(29-17-7-2-8-18-29)30-19-9-3-10-20-30)27-37(31-21-11-4-12-22-31,32-23-13-5-14-24-32)33-25-15-6-16-26-33;/h2-26H,27H2,1H3;1H/q+1;/p-1/b35-28+;. The highest BCUT2D eigenvalue weighted by atomic mass is 79.9.